The van der Waals surface area contributed by atoms with Gasteiger partial charge in [0.15, 0.2) is 5.82 Å². The lowest BCUT2D eigenvalue weighted by molar-refractivity contribution is -0.149. The summed E-state index contributed by atoms with van der Waals surface area (Å²) in [5, 5.41) is 20.2. The predicted molar refractivity (Wildman–Crippen MR) is 54.6 cm³/mol. The Bertz CT molecular complexity index is 365. The monoisotopic (exact) mass is 228 g/mol. The van der Waals surface area contributed by atoms with Gasteiger partial charge in [-0.05, 0) is 23.8 Å². The van der Waals surface area contributed by atoms with Gasteiger partial charge in [0.25, 0.3) is 0 Å². The van der Waals surface area contributed by atoms with Crippen molar-refractivity contribution < 1.29 is 14.6 Å². The van der Waals surface area contributed by atoms with Crippen molar-refractivity contribution in [2.45, 2.75) is 33.4 Å². The zero-order valence-corrected chi connectivity index (χ0v) is 9.67. The number of carbonyl (C=O) groups is 1. The first kappa shape index (κ1) is 12.6. The summed E-state index contributed by atoms with van der Waals surface area (Å²) in [6.45, 7) is 4.01. The van der Waals surface area contributed by atoms with Gasteiger partial charge in [-0.1, -0.05) is 6.92 Å². The van der Waals surface area contributed by atoms with Gasteiger partial charge in [0.2, 0.25) is 0 Å². The molecule has 90 valence electrons. The number of aromatic nitrogens is 4. The molecule has 0 aliphatic rings. The van der Waals surface area contributed by atoms with Crippen molar-refractivity contribution in [2.75, 3.05) is 7.11 Å². The number of carboxylic acid groups (broad SMARTS) is 1. The predicted octanol–water partition coefficient (Wildman–Crippen LogP) is 0.320. The minimum Gasteiger partial charge on any atom is -0.481 e. The van der Waals surface area contributed by atoms with Crippen molar-refractivity contribution in [1.82, 2.24) is 20.2 Å². The number of nitrogens with zero attached hydrogens (tertiary/aromatic N) is 4. The van der Waals surface area contributed by atoms with Crippen LogP contribution in [0.4, 0.5) is 0 Å². The molecule has 0 spiro atoms. The van der Waals surface area contributed by atoms with E-state index in [0.717, 1.165) is 0 Å². The second kappa shape index (κ2) is 5.02. The van der Waals surface area contributed by atoms with Crippen LogP contribution in [0.15, 0.2) is 0 Å². The highest BCUT2D eigenvalue weighted by atomic mass is 16.5. The van der Waals surface area contributed by atoms with Crippen molar-refractivity contribution in [3.05, 3.63) is 5.82 Å². The van der Waals surface area contributed by atoms with Gasteiger partial charge in [-0.2, -0.15) is 0 Å². The fourth-order valence-electron chi connectivity index (χ4n) is 1.24. The molecule has 7 nitrogen and oxygen atoms in total. The SMILES string of the molecule is CCC(C)(Cn1nnnc1COC)C(=O)O. The number of tetrazole rings is 1. The molecule has 1 atom stereocenters. The molecule has 1 heterocycles. The number of hydrogen-bond donors (Lipinski definition) is 1. The summed E-state index contributed by atoms with van der Waals surface area (Å²) >= 11 is 0. The van der Waals surface area contributed by atoms with Crippen molar-refractivity contribution in [2.24, 2.45) is 5.41 Å². The fraction of sp³-hybridized carbons (Fsp3) is 0.778. The van der Waals surface area contributed by atoms with E-state index in [1.54, 1.807) is 6.92 Å². The molecule has 7 heteroatoms. The van der Waals surface area contributed by atoms with E-state index >= 15 is 0 Å². The third-order valence-electron chi connectivity index (χ3n) is 2.67. The van der Waals surface area contributed by atoms with E-state index in [4.69, 9.17) is 9.84 Å². The minimum absolute atomic E-state index is 0.241. The highest BCUT2D eigenvalue weighted by molar-refractivity contribution is 5.73. The van der Waals surface area contributed by atoms with E-state index in [1.807, 2.05) is 6.92 Å². The van der Waals surface area contributed by atoms with Gasteiger partial charge in [-0.3, -0.25) is 4.79 Å². The van der Waals surface area contributed by atoms with Crippen LogP contribution in [0.1, 0.15) is 26.1 Å². The van der Waals surface area contributed by atoms with E-state index < -0.39 is 11.4 Å². The van der Waals surface area contributed by atoms with Gasteiger partial charge >= 0.3 is 5.97 Å². The lowest BCUT2D eigenvalue weighted by atomic mass is 9.88. The third-order valence-corrected chi connectivity index (χ3v) is 2.67. The molecule has 0 saturated carbocycles. The lowest BCUT2D eigenvalue weighted by Gasteiger charge is -2.22. The lowest BCUT2D eigenvalue weighted by Crippen LogP contribution is -2.33. The van der Waals surface area contributed by atoms with Crippen LogP contribution < -0.4 is 0 Å². The van der Waals surface area contributed by atoms with Gasteiger partial charge in [0, 0.05) is 7.11 Å². The Morgan fingerprint density at radius 1 is 1.62 bits per heavy atom. The van der Waals surface area contributed by atoms with Crippen LogP contribution in [0, 0.1) is 5.41 Å². The summed E-state index contributed by atoms with van der Waals surface area (Å²) in [5.74, 6) is -0.322. The summed E-state index contributed by atoms with van der Waals surface area (Å²) in [6, 6.07) is 0. The standard InChI is InChI=1S/C9H16N4O3/c1-4-9(2,8(14)15)6-13-7(5-16-3)10-11-12-13/h4-6H2,1-3H3,(H,14,15). The summed E-state index contributed by atoms with van der Waals surface area (Å²) in [6.07, 6.45) is 0.509. The Kier molecular flexibility index (Phi) is 3.94. The topological polar surface area (TPSA) is 90.1 Å². The maximum absolute atomic E-state index is 11.1. The van der Waals surface area contributed by atoms with E-state index in [1.165, 1.54) is 11.8 Å². The second-order valence-corrected chi connectivity index (χ2v) is 3.91. The third kappa shape index (κ3) is 2.54. The second-order valence-electron chi connectivity index (χ2n) is 3.91. The van der Waals surface area contributed by atoms with E-state index in [-0.39, 0.29) is 13.2 Å². The largest absolute Gasteiger partial charge is 0.481 e. The Morgan fingerprint density at radius 3 is 2.81 bits per heavy atom. The quantitative estimate of drug-likeness (QED) is 0.754. The van der Waals surface area contributed by atoms with Gasteiger partial charge in [-0.15, -0.1) is 5.10 Å². The van der Waals surface area contributed by atoms with Crippen LogP contribution in [0.5, 0.6) is 0 Å². The molecule has 16 heavy (non-hydrogen) atoms. The Morgan fingerprint density at radius 2 is 2.31 bits per heavy atom. The van der Waals surface area contributed by atoms with Crippen LogP contribution in [-0.2, 0) is 22.7 Å². The van der Waals surface area contributed by atoms with E-state index in [0.29, 0.717) is 12.2 Å². The first-order valence-electron chi connectivity index (χ1n) is 5.01. The highest BCUT2D eigenvalue weighted by Gasteiger charge is 2.32. The molecule has 1 N–H and O–H groups in total. The normalized spacial score (nSPS) is 14.7. The van der Waals surface area contributed by atoms with E-state index in [9.17, 15) is 4.79 Å². The van der Waals surface area contributed by atoms with Crippen molar-refractivity contribution >= 4 is 5.97 Å². The van der Waals surface area contributed by atoms with Gasteiger partial charge in [0.1, 0.15) is 6.61 Å². The van der Waals surface area contributed by atoms with Crippen LogP contribution in [0.25, 0.3) is 0 Å². The minimum atomic E-state index is -0.863. The molecule has 0 amide bonds. The van der Waals surface area contributed by atoms with Crippen LogP contribution in [0.3, 0.4) is 0 Å². The van der Waals surface area contributed by atoms with Gasteiger partial charge < -0.3 is 9.84 Å². The molecule has 0 aromatic carbocycles. The molecule has 0 aliphatic carbocycles. The molecule has 1 aromatic heterocycles. The molecule has 1 rings (SSSR count). The van der Waals surface area contributed by atoms with Crippen LogP contribution in [0.2, 0.25) is 0 Å². The smallest absolute Gasteiger partial charge is 0.311 e. The van der Waals surface area contributed by atoms with Crippen LogP contribution in [-0.4, -0.2) is 38.4 Å². The molecule has 1 aromatic rings. The molecule has 0 saturated heterocycles. The van der Waals surface area contributed by atoms with Crippen molar-refractivity contribution in [3.8, 4) is 0 Å². The number of hydrogen-bond acceptors (Lipinski definition) is 5. The molecule has 0 radical (unpaired) electrons. The summed E-state index contributed by atoms with van der Waals surface area (Å²) in [5.41, 5.74) is -0.863. The number of rotatable bonds is 6. The maximum atomic E-state index is 11.1. The van der Waals surface area contributed by atoms with E-state index in [2.05, 4.69) is 15.5 Å². The Labute approximate surface area is 93.4 Å². The van der Waals surface area contributed by atoms with Gasteiger partial charge in [-0.25, -0.2) is 4.68 Å². The maximum Gasteiger partial charge on any atom is 0.311 e. The number of carboxylic acids is 1. The van der Waals surface area contributed by atoms with Crippen molar-refractivity contribution in [1.29, 1.82) is 0 Å². The Balaban J connectivity index is 2.85. The number of aliphatic carboxylic acids is 1. The highest BCUT2D eigenvalue weighted by Crippen LogP contribution is 2.23. The molecule has 1 unspecified atom stereocenters. The fourth-order valence-corrected chi connectivity index (χ4v) is 1.24. The molecular formula is C9H16N4O3. The zero-order valence-electron chi connectivity index (χ0n) is 9.67. The summed E-state index contributed by atoms with van der Waals surface area (Å²) in [4.78, 5) is 11.1. The number of ether oxygens (including phenoxy) is 1. The molecule has 0 bridgehead atoms. The molecule has 0 aliphatic heterocycles. The summed E-state index contributed by atoms with van der Waals surface area (Å²) < 4.78 is 6.40. The molecular weight excluding hydrogens is 212 g/mol. The van der Waals surface area contributed by atoms with Crippen molar-refractivity contribution in [3.63, 3.8) is 0 Å². The first-order valence-corrected chi connectivity index (χ1v) is 5.01. The average Bonchev–Trinajstić information content (AvgIpc) is 2.66. The average molecular weight is 228 g/mol. The molecule has 0 fully saturated rings. The summed E-state index contributed by atoms with van der Waals surface area (Å²) in [7, 11) is 1.54. The van der Waals surface area contributed by atoms with Crippen LogP contribution >= 0.6 is 0 Å². The zero-order chi connectivity index (χ0) is 12.2. The Hall–Kier alpha value is -1.50. The van der Waals surface area contributed by atoms with Gasteiger partial charge in [0.05, 0.1) is 12.0 Å². The first-order chi connectivity index (χ1) is 7.53. The number of methoxy groups -OCH3 is 1.